The van der Waals surface area contributed by atoms with Crippen molar-refractivity contribution in [2.45, 2.75) is 51.5 Å². The molecule has 0 aliphatic carbocycles. The van der Waals surface area contributed by atoms with Gasteiger partial charge in [-0.3, -0.25) is 14.4 Å². The van der Waals surface area contributed by atoms with Gasteiger partial charge < -0.3 is 19.7 Å². The van der Waals surface area contributed by atoms with E-state index in [-0.39, 0.29) is 11.8 Å². The molecule has 0 bridgehead atoms. The summed E-state index contributed by atoms with van der Waals surface area (Å²) in [7, 11) is 3.22. The van der Waals surface area contributed by atoms with Crippen LogP contribution in [0, 0.1) is 5.92 Å². The number of nitrogens with one attached hydrogen (secondary N) is 1. The van der Waals surface area contributed by atoms with E-state index in [2.05, 4.69) is 5.32 Å². The van der Waals surface area contributed by atoms with Gasteiger partial charge in [0, 0.05) is 57.2 Å². The fourth-order valence-corrected chi connectivity index (χ4v) is 4.35. The van der Waals surface area contributed by atoms with Crippen LogP contribution >= 0.6 is 0 Å². The molecule has 178 valence electrons. The quantitative estimate of drug-likeness (QED) is 0.594. The molecule has 1 aromatic carbocycles. The Morgan fingerprint density at radius 3 is 2.75 bits per heavy atom. The third-order valence-electron chi connectivity index (χ3n) is 6.27. The first kappa shape index (κ1) is 24.3. The fourth-order valence-electron chi connectivity index (χ4n) is 4.35. The molecule has 0 radical (unpaired) electrons. The van der Waals surface area contributed by atoms with Gasteiger partial charge in [0.05, 0.1) is 20.8 Å². The van der Waals surface area contributed by atoms with Gasteiger partial charge >= 0.3 is 0 Å². The fraction of sp³-hybridized carbons (Fsp3) is 0.667. The zero-order valence-corrected chi connectivity index (χ0v) is 19.4. The van der Waals surface area contributed by atoms with Gasteiger partial charge in [-0.1, -0.05) is 0 Å². The van der Waals surface area contributed by atoms with Crippen molar-refractivity contribution >= 4 is 11.8 Å². The predicted molar refractivity (Wildman–Crippen MR) is 121 cm³/mol. The molecule has 0 saturated carbocycles. The maximum atomic E-state index is 12.6. The maximum absolute atomic E-state index is 12.6. The van der Waals surface area contributed by atoms with E-state index in [0.29, 0.717) is 37.6 Å². The number of carbonyl (C=O) groups is 2. The van der Waals surface area contributed by atoms with Crippen LogP contribution in [0.1, 0.15) is 50.5 Å². The van der Waals surface area contributed by atoms with Crippen molar-refractivity contribution in [1.82, 2.24) is 15.3 Å². The molecule has 8 heteroatoms. The summed E-state index contributed by atoms with van der Waals surface area (Å²) in [5.74, 6) is 2.01. The third-order valence-corrected chi connectivity index (χ3v) is 6.27. The van der Waals surface area contributed by atoms with Crippen LogP contribution in [0.2, 0.25) is 0 Å². The third kappa shape index (κ3) is 7.38. The summed E-state index contributed by atoms with van der Waals surface area (Å²) in [5, 5.41) is 4.90. The average molecular weight is 448 g/mol. The molecule has 32 heavy (non-hydrogen) atoms. The lowest BCUT2D eigenvalue weighted by Crippen LogP contribution is -2.42. The summed E-state index contributed by atoms with van der Waals surface area (Å²) in [6.45, 7) is 4.32. The number of hydrogen-bond donors (Lipinski definition) is 1. The van der Waals surface area contributed by atoms with Crippen molar-refractivity contribution in [3.8, 4) is 11.5 Å². The monoisotopic (exact) mass is 447 g/mol. The molecule has 0 unspecified atom stereocenters. The molecular formula is C24H37N3O5. The molecule has 1 atom stereocenters. The van der Waals surface area contributed by atoms with E-state index in [1.165, 1.54) is 0 Å². The number of likely N-dealkylation sites (tertiary alicyclic amines) is 1. The second-order valence-electron chi connectivity index (χ2n) is 8.56. The number of piperidine rings is 1. The van der Waals surface area contributed by atoms with Gasteiger partial charge in [-0.05, 0) is 50.2 Å². The van der Waals surface area contributed by atoms with E-state index in [0.717, 1.165) is 69.7 Å². The van der Waals surface area contributed by atoms with Crippen LogP contribution in [0.25, 0.3) is 0 Å². The number of rotatable bonds is 10. The molecule has 2 amide bonds. The van der Waals surface area contributed by atoms with Crippen LogP contribution in [-0.4, -0.2) is 68.8 Å². The summed E-state index contributed by atoms with van der Waals surface area (Å²) in [5.41, 5.74) is 0.911. The number of ether oxygens (including phenoxy) is 2. The predicted octanol–water partition coefficient (Wildman–Crippen LogP) is 2.76. The highest BCUT2D eigenvalue weighted by molar-refractivity contribution is 5.77. The molecule has 2 aliphatic heterocycles. The van der Waals surface area contributed by atoms with Crippen LogP contribution in [0.3, 0.4) is 0 Å². The number of hydrogen-bond acceptors (Lipinski definition) is 6. The summed E-state index contributed by atoms with van der Waals surface area (Å²) >= 11 is 0. The van der Waals surface area contributed by atoms with Crippen molar-refractivity contribution in [2.24, 2.45) is 5.92 Å². The summed E-state index contributed by atoms with van der Waals surface area (Å²) in [4.78, 5) is 32.6. The van der Waals surface area contributed by atoms with Crippen LogP contribution in [0.15, 0.2) is 18.2 Å². The Morgan fingerprint density at radius 1 is 1.12 bits per heavy atom. The summed E-state index contributed by atoms with van der Waals surface area (Å²) in [6.07, 6.45) is 6.06. The Kier molecular flexibility index (Phi) is 9.62. The Hall–Kier alpha value is -2.32. The van der Waals surface area contributed by atoms with E-state index in [9.17, 15) is 9.59 Å². The standard InChI is InChI=1S/C24H37N3O5/c1-30-21-9-8-20(22(16-21)31-2)17-25-23(28)10-7-19-6-5-12-26(18-19)24(29)11-14-27-13-3-4-15-32-27/h8-9,16,19H,3-7,10-15,17-18H2,1-2H3,(H,25,28)/t19-/m1/s1. The molecule has 2 fully saturated rings. The minimum absolute atomic E-state index is 0.0218. The lowest BCUT2D eigenvalue weighted by atomic mass is 9.93. The number of hydroxylamine groups is 2. The largest absolute Gasteiger partial charge is 0.497 e. The Labute approximate surface area is 191 Å². The van der Waals surface area contributed by atoms with Crippen LogP contribution in [0.5, 0.6) is 11.5 Å². The molecule has 2 aliphatic rings. The molecule has 0 spiro atoms. The first-order valence-corrected chi connectivity index (χ1v) is 11.7. The van der Waals surface area contributed by atoms with E-state index in [1.54, 1.807) is 14.2 Å². The highest BCUT2D eigenvalue weighted by atomic mass is 16.7. The van der Waals surface area contributed by atoms with Crippen molar-refractivity contribution < 1.29 is 23.9 Å². The summed E-state index contributed by atoms with van der Waals surface area (Å²) in [6, 6.07) is 5.57. The molecule has 1 N–H and O–H groups in total. The van der Waals surface area contributed by atoms with E-state index in [1.807, 2.05) is 28.2 Å². The highest BCUT2D eigenvalue weighted by Crippen LogP contribution is 2.25. The SMILES string of the molecule is COc1ccc(CNC(=O)CC[C@H]2CCCN(C(=O)CCN3CCCCO3)C2)c(OC)c1. The molecule has 2 heterocycles. The molecule has 3 rings (SSSR count). The molecule has 1 aromatic rings. The van der Waals surface area contributed by atoms with Crippen molar-refractivity contribution in [3.05, 3.63) is 23.8 Å². The number of carbonyl (C=O) groups excluding carboxylic acids is 2. The molecule has 0 aromatic heterocycles. The van der Waals surface area contributed by atoms with Gasteiger partial charge in [0.2, 0.25) is 11.8 Å². The molecule has 8 nitrogen and oxygen atoms in total. The number of nitrogens with zero attached hydrogens (tertiary/aromatic N) is 2. The zero-order valence-electron chi connectivity index (χ0n) is 19.4. The molecule has 2 saturated heterocycles. The smallest absolute Gasteiger partial charge is 0.223 e. The zero-order chi connectivity index (χ0) is 22.8. The van der Waals surface area contributed by atoms with Gasteiger partial charge in [-0.2, -0.15) is 5.06 Å². The first-order chi connectivity index (χ1) is 15.6. The lowest BCUT2D eigenvalue weighted by molar-refractivity contribution is -0.182. The van der Waals surface area contributed by atoms with Crippen LogP contribution in [0.4, 0.5) is 0 Å². The van der Waals surface area contributed by atoms with Crippen LogP contribution in [-0.2, 0) is 21.0 Å². The van der Waals surface area contributed by atoms with E-state index < -0.39 is 0 Å². The number of amides is 2. The minimum Gasteiger partial charge on any atom is -0.497 e. The Bertz CT molecular complexity index is 751. The van der Waals surface area contributed by atoms with E-state index >= 15 is 0 Å². The Balaban J connectivity index is 1.37. The maximum Gasteiger partial charge on any atom is 0.223 e. The van der Waals surface area contributed by atoms with Crippen molar-refractivity contribution in [1.29, 1.82) is 0 Å². The van der Waals surface area contributed by atoms with E-state index in [4.69, 9.17) is 14.3 Å². The summed E-state index contributed by atoms with van der Waals surface area (Å²) < 4.78 is 10.6. The Morgan fingerprint density at radius 2 is 2.00 bits per heavy atom. The van der Waals surface area contributed by atoms with Crippen molar-refractivity contribution in [2.75, 3.05) is 47.0 Å². The number of benzene rings is 1. The van der Waals surface area contributed by atoms with Crippen molar-refractivity contribution in [3.63, 3.8) is 0 Å². The normalized spacial score (nSPS) is 19.4. The second-order valence-corrected chi connectivity index (χ2v) is 8.56. The van der Waals surface area contributed by atoms with Gasteiger partial charge in [0.25, 0.3) is 0 Å². The average Bonchev–Trinajstić information content (AvgIpc) is 2.85. The topological polar surface area (TPSA) is 80.3 Å². The first-order valence-electron chi connectivity index (χ1n) is 11.7. The van der Waals surface area contributed by atoms with Gasteiger partial charge in [0.1, 0.15) is 11.5 Å². The van der Waals surface area contributed by atoms with Gasteiger partial charge in [0.15, 0.2) is 0 Å². The second kappa shape index (κ2) is 12.6. The van der Waals surface area contributed by atoms with Gasteiger partial charge in [-0.25, -0.2) is 0 Å². The number of methoxy groups -OCH3 is 2. The van der Waals surface area contributed by atoms with Gasteiger partial charge in [-0.15, -0.1) is 0 Å². The highest BCUT2D eigenvalue weighted by Gasteiger charge is 2.24. The minimum atomic E-state index is 0.0218. The molecular weight excluding hydrogens is 410 g/mol. The van der Waals surface area contributed by atoms with Crippen LogP contribution < -0.4 is 14.8 Å². The lowest BCUT2D eigenvalue weighted by Gasteiger charge is -2.33.